The summed E-state index contributed by atoms with van der Waals surface area (Å²) in [7, 11) is 2.10. The molecule has 1 aliphatic rings. The first-order chi connectivity index (χ1) is 4.55. The van der Waals surface area contributed by atoms with Crippen LogP contribution in [0, 0.1) is 0 Å². The van der Waals surface area contributed by atoms with Crippen molar-refractivity contribution in [3.63, 3.8) is 0 Å². The molecule has 0 atom stereocenters. The maximum Gasteiger partial charge on any atom is 0.0549 e. The quantitative estimate of drug-likeness (QED) is 0.494. The molecule has 1 heteroatoms. The Labute approximate surface area is 63.0 Å². The second kappa shape index (κ2) is 2.15. The third-order valence-electron chi connectivity index (χ3n) is 2.50. The molecule has 0 bridgehead atoms. The Morgan fingerprint density at radius 3 is 2.40 bits per heavy atom. The number of hydrogen-bond acceptors (Lipinski definition) is 1. The lowest BCUT2D eigenvalue weighted by atomic mass is 9.92. The number of rotatable bonds is 0. The van der Waals surface area contributed by atoms with Crippen molar-refractivity contribution in [2.75, 3.05) is 7.05 Å². The van der Waals surface area contributed by atoms with Gasteiger partial charge in [-0.1, -0.05) is 6.08 Å². The van der Waals surface area contributed by atoms with Crippen LogP contribution < -0.4 is 0 Å². The second-order valence-electron chi connectivity index (χ2n) is 3.36. The minimum Gasteiger partial charge on any atom is -0.372 e. The molecule has 0 unspecified atom stereocenters. The number of allylic oxidation sites excluding steroid dienone is 2. The van der Waals surface area contributed by atoms with Crippen molar-refractivity contribution in [2.24, 2.45) is 0 Å². The van der Waals surface area contributed by atoms with Gasteiger partial charge in [-0.3, -0.25) is 0 Å². The Kier molecular flexibility index (Phi) is 1.59. The van der Waals surface area contributed by atoms with E-state index in [1.54, 1.807) is 0 Å². The van der Waals surface area contributed by atoms with Gasteiger partial charge in [0.2, 0.25) is 0 Å². The van der Waals surface area contributed by atoms with Crippen LogP contribution in [0.2, 0.25) is 0 Å². The van der Waals surface area contributed by atoms with E-state index < -0.39 is 0 Å². The fourth-order valence-corrected chi connectivity index (χ4v) is 0.985. The topological polar surface area (TPSA) is 3.24 Å². The predicted octanol–water partition coefficient (Wildman–Crippen LogP) is 2.17. The minimum absolute atomic E-state index is 0.203. The zero-order valence-electron chi connectivity index (χ0n) is 7.18. The van der Waals surface area contributed by atoms with E-state index in [0.717, 1.165) is 0 Å². The third-order valence-corrected chi connectivity index (χ3v) is 2.50. The average molecular weight is 137 g/mol. The van der Waals surface area contributed by atoms with Crippen molar-refractivity contribution >= 4 is 0 Å². The zero-order chi connectivity index (χ0) is 7.78. The molecule has 10 heavy (non-hydrogen) atoms. The van der Waals surface area contributed by atoms with Crippen LogP contribution in [0.25, 0.3) is 0 Å². The van der Waals surface area contributed by atoms with Gasteiger partial charge in [0, 0.05) is 7.05 Å². The fourth-order valence-electron chi connectivity index (χ4n) is 0.985. The molecule has 1 nitrogen and oxygen atoms in total. The molecule has 1 rings (SSSR count). The maximum absolute atomic E-state index is 2.22. The van der Waals surface area contributed by atoms with Crippen molar-refractivity contribution in [2.45, 2.75) is 26.3 Å². The standard InChI is InChI=1S/C9H15N/c1-8-6-5-7-10(4)9(8,2)3/h5-7H,1-4H3. The SMILES string of the molecule is CC1=CC=CN(C)C1(C)C. The molecule has 0 radical (unpaired) electrons. The Hall–Kier alpha value is -0.720. The van der Waals surface area contributed by atoms with Crippen LogP contribution in [-0.4, -0.2) is 17.5 Å². The van der Waals surface area contributed by atoms with E-state index in [9.17, 15) is 0 Å². The Morgan fingerprint density at radius 2 is 2.00 bits per heavy atom. The van der Waals surface area contributed by atoms with Gasteiger partial charge in [-0.2, -0.15) is 0 Å². The van der Waals surface area contributed by atoms with Gasteiger partial charge < -0.3 is 4.90 Å². The summed E-state index contributed by atoms with van der Waals surface area (Å²) in [5.74, 6) is 0. The second-order valence-corrected chi connectivity index (χ2v) is 3.36. The predicted molar refractivity (Wildman–Crippen MR) is 44.7 cm³/mol. The molecule has 1 aliphatic heterocycles. The van der Waals surface area contributed by atoms with E-state index in [1.165, 1.54) is 5.57 Å². The van der Waals surface area contributed by atoms with Crippen molar-refractivity contribution in [3.8, 4) is 0 Å². The Bertz CT molecular complexity index is 187. The minimum atomic E-state index is 0.203. The van der Waals surface area contributed by atoms with Gasteiger partial charge in [-0.05, 0) is 38.6 Å². The van der Waals surface area contributed by atoms with Gasteiger partial charge in [0.15, 0.2) is 0 Å². The number of likely N-dealkylation sites (N-methyl/N-ethyl adjacent to an activating group) is 1. The van der Waals surface area contributed by atoms with Gasteiger partial charge >= 0.3 is 0 Å². The van der Waals surface area contributed by atoms with Crippen molar-refractivity contribution in [1.29, 1.82) is 0 Å². The highest BCUT2D eigenvalue weighted by molar-refractivity contribution is 5.25. The third kappa shape index (κ3) is 0.962. The Balaban J connectivity index is 2.93. The molecular weight excluding hydrogens is 122 g/mol. The lowest BCUT2D eigenvalue weighted by Gasteiger charge is -2.37. The van der Waals surface area contributed by atoms with E-state index in [4.69, 9.17) is 0 Å². The summed E-state index contributed by atoms with van der Waals surface area (Å²) in [6.45, 7) is 6.62. The summed E-state index contributed by atoms with van der Waals surface area (Å²) in [6, 6.07) is 0. The lowest BCUT2D eigenvalue weighted by molar-refractivity contribution is 0.265. The molecule has 0 aromatic carbocycles. The first-order valence-electron chi connectivity index (χ1n) is 3.63. The number of hydrogen-bond donors (Lipinski definition) is 0. The average Bonchev–Trinajstić information content (AvgIpc) is 1.84. The summed E-state index contributed by atoms with van der Waals surface area (Å²) < 4.78 is 0. The van der Waals surface area contributed by atoms with Crippen LogP contribution >= 0.6 is 0 Å². The summed E-state index contributed by atoms with van der Waals surface area (Å²) in [6.07, 6.45) is 6.35. The van der Waals surface area contributed by atoms with E-state index in [0.29, 0.717) is 0 Å². The first-order valence-corrected chi connectivity index (χ1v) is 3.63. The van der Waals surface area contributed by atoms with Crippen LogP contribution in [0.1, 0.15) is 20.8 Å². The van der Waals surface area contributed by atoms with Gasteiger partial charge in [0.1, 0.15) is 0 Å². The smallest absolute Gasteiger partial charge is 0.0549 e. The summed E-state index contributed by atoms with van der Waals surface area (Å²) in [5.41, 5.74) is 1.62. The zero-order valence-corrected chi connectivity index (χ0v) is 7.18. The van der Waals surface area contributed by atoms with Gasteiger partial charge in [-0.25, -0.2) is 0 Å². The molecule has 0 spiro atoms. The van der Waals surface area contributed by atoms with Crippen LogP contribution in [0.15, 0.2) is 23.9 Å². The molecule has 0 aromatic heterocycles. The molecule has 0 amide bonds. The first kappa shape index (κ1) is 7.39. The highest BCUT2D eigenvalue weighted by Gasteiger charge is 2.24. The van der Waals surface area contributed by atoms with Gasteiger partial charge in [0.05, 0.1) is 5.54 Å². The van der Waals surface area contributed by atoms with Gasteiger partial charge in [-0.15, -0.1) is 0 Å². The lowest BCUT2D eigenvalue weighted by Crippen LogP contribution is -2.39. The molecule has 0 fully saturated rings. The van der Waals surface area contributed by atoms with Crippen LogP contribution in [0.4, 0.5) is 0 Å². The molecule has 0 aliphatic carbocycles. The molecule has 0 aromatic rings. The molecule has 0 N–H and O–H groups in total. The van der Waals surface area contributed by atoms with Crippen LogP contribution in [0.5, 0.6) is 0 Å². The maximum atomic E-state index is 2.22. The summed E-state index contributed by atoms with van der Waals surface area (Å²) in [5, 5.41) is 0. The largest absolute Gasteiger partial charge is 0.372 e. The monoisotopic (exact) mass is 137 g/mol. The van der Waals surface area contributed by atoms with Crippen molar-refractivity contribution in [3.05, 3.63) is 23.9 Å². The van der Waals surface area contributed by atoms with E-state index in [1.807, 2.05) is 0 Å². The van der Waals surface area contributed by atoms with Crippen LogP contribution in [-0.2, 0) is 0 Å². The normalized spacial score (nSPS) is 22.8. The highest BCUT2D eigenvalue weighted by Crippen LogP contribution is 2.25. The van der Waals surface area contributed by atoms with Crippen molar-refractivity contribution in [1.82, 2.24) is 4.90 Å². The highest BCUT2D eigenvalue weighted by atomic mass is 15.1. The fraction of sp³-hybridized carbons (Fsp3) is 0.556. The Morgan fingerprint density at radius 1 is 1.40 bits per heavy atom. The summed E-state index contributed by atoms with van der Waals surface area (Å²) >= 11 is 0. The number of nitrogens with zero attached hydrogens (tertiary/aromatic N) is 1. The molecule has 0 saturated heterocycles. The van der Waals surface area contributed by atoms with Gasteiger partial charge in [0.25, 0.3) is 0 Å². The van der Waals surface area contributed by atoms with E-state index >= 15 is 0 Å². The van der Waals surface area contributed by atoms with Crippen LogP contribution in [0.3, 0.4) is 0 Å². The molecular formula is C9H15N. The summed E-state index contributed by atoms with van der Waals surface area (Å²) in [4.78, 5) is 2.22. The van der Waals surface area contributed by atoms with Crippen molar-refractivity contribution < 1.29 is 0 Å². The van der Waals surface area contributed by atoms with E-state index in [-0.39, 0.29) is 5.54 Å². The van der Waals surface area contributed by atoms with E-state index in [2.05, 4.69) is 51.1 Å². The molecule has 0 saturated carbocycles. The molecule has 1 heterocycles. The molecule has 56 valence electrons.